The highest BCUT2D eigenvalue weighted by molar-refractivity contribution is 6.11. The Bertz CT molecular complexity index is 209. The fourth-order valence-corrected chi connectivity index (χ4v) is 2.41. The van der Waals surface area contributed by atoms with E-state index in [4.69, 9.17) is 26.8 Å². The van der Waals surface area contributed by atoms with Crippen molar-refractivity contribution in [2.75, 3.05) is 27.4 Å². The van der Waals surface area contributed by atoms with Crippen molar-refractivity contribution in [3.63, 3.8) is 0 Å². The first-order valence-electron chi connectivity index (χ1n) is 4.80. The quantitative estimate of drug-likeness (QED) is 0.583. The second-order valence-electron chi connectivity index (χ2n) is 3.82. The molecule has 0 aromatic heterocycles. The van der Waals surface area contributed by atoms with E-state index in [0.717, 1.165) is 6.42 Å². The summed E-state index contributed by atoms with van der Waals surface area (Å²) < 4.78 is 21.8. The first-order valence-corrected chi connectivity index (χ1v) is 4.80. The molecule has 0 amide bonds. The predicted molar refractivity (Wildman–Crippen MR) is 50.4 cm³/mol. The van der Waals surface area contributed by atoms with E-state index >= 15 is 0 Å². The molecular formula is C9H15BO4. The standard InChI is InChI=1S/C9H15BO4/c1-11-5-9-3-4-13-6(7(9)12-2)8(10)14-9/h6-8H,3-5H2,1-2H3/t6?,7?,8-,9-/m1/s1. The summed E-state index contributed by atoms with van der Waals surface area (Å²) in [6.07, 6.45) is 0.485. The van der Waals surface area contributed by atoms with Crippen LogP contribution in [0.3, 0.4) is 0 Å². The monoisotopic (exact) mass is 198 g/mol. The lowest BCUT2D eigenvalue weighted by Gasteiger charge is -2.37. The molecule has 2 fully saturated rings. The van der Waals surface area contributed by atoms with Crippen molar-refractivity contribution < 1.29 is 18.9 Å². The van der Waals surface area contributed by atoms with Gasteiger partial charge in [-0.05, 0) is 0 Å². The molecule has 2 aliphatic heterocycles. The van der Waals surface area contributed by atoms with Gasteiger partial charge in [0.15, 0.2) is 0 Å². The lowest BCUT2D eigenvalue weighted by atomic mass is 9.86. The smallest absolute Gasteiger partial charge is 0.122 e. The summed E-state index contributed by atoms with van der Waals surface area (Å²) in [5.41, 5.74) is -0.411. The van der Waals surface area contributed by atoms with Gasteiger partial charge in [0.05, 0.1) is 13.2 Å². The molecule has 0 aromatic rings. The molecule has 2 rings (SSSR count). The molecule has 4 nitrogen and oxygen atoms in total. The van der Waals surface area contributed by atoms with Crippen LogP contribution in [0.2, 0.25) is 0 Å². The van der Waals surface area contributed by atoms with Crippen molar-refractivity contribution in [3.8, 4) is 0 Å². The van der Waals surface area contributed by atoms with Gasteiger partial charge in [-0.15, -0.1) is 0 Å². The van der Waals surface area contributed by atoms with E-state index in [-0.39, 0.29) is 12.2 Å². The van der Waals surface area contributed by atoms with E-state index < -0.39 is 11.6 Å². The van der Waals surface area contributed by atoms with Crippen LogP contribution in [0.5, 0.6) is 0 Å². The van der Waals surface area contributed by atoms with E-state index in [2.05, 4.69) is 0 Å². The number of hydrogen-bond acceptors (Lipinski definition) is 4. The third kappa shape index (κ3) is 1.39. The van der Waals surface area contributed by atoms with Crippen LogP contribution >= 0.6 is 0 Å². The second-order valence-corrected chi connectivity index (χ2v) is 3.82. The van der Waals surface area contributed by atoms with Gasteiger partial charge in [0, 0.05) is 26.6 Å². The highest BCUT2D eigenvalue weighted by Gasteiger charge is 2.56. The summed E-state index contributed by atoms with van der Waals surface area (Å²) in [5, 5.41) is 0. The van der Waals surface area contributed by atoms with Crippen molar-refractivity contribution in [1.82, 2.24) is 0 Å². The highest BCUT2D eigenvalue weighted by Crippen LogP contribution is 2.40. The van der Waals surface area contributed by atoms with E-state index in [1.807, 2.05) is 0 Å². The number of ether oxygens (including phenoxy) is 4. The van der Waals surface area contributed by atoms with Crippen LogP contribution in [-0.4, -0.2) is 59.1 Å². The van der Waals surface area contributed by atoms with E-state index in [0.29, 0.717) is 13.2 Å². The van der Waals surface area contributed by atoms with Crippen LogP contribution in [0.4, 0.5) is 0 Å². The van der Waals surface area contributed by atoms with Crippen LogP contribution in [0, 0.1) is 0 Å². The average Bonchev–Trinajstić information content (AvgIpc) is 2.30. The Morgan fingerprint density at radius 1 is 1.50 bits per heavy atom. The van der Waals surface area contributed by atoms with Crippen molar-refractivity contribution >= 4 is 7.85 Å². The first-order chi connectivity index (χ1) is 6.73. The topological polar surface area (TPSA) is 36.9 Å². The van der Waals surface area contributed by atoms with Gasteiger partial charge in [0.2, 0.25) is 0 Å². The summed E-state index contributed by atoms with van der Waals surface area (Å²) in [6.45, 7) is 1.15. The fourth-order valence-electron chi connectivity index (χ4n) is 2.41. The van der Waals surface area contributed by atoms with Gasteiger partial charge in [-0.3, -0.25) is 0 Å². The summed E-state index contributed by atoms with van der Waals surface area (Å²) in [5.74, 6) is 0. The molecule has 2 bridgehead atoms. The van der Waals surface area contributed by atoms with Gasteiger partial charge in [-0.2, -0.15) is 0 Å². The zero-order valence-electron chi connectivity index (χ0n) is 8.56. The van der Waals surface area contributed by atoms with Gasteiger partial charge in [0.1, 0.15) is 25.7 Å². The van der Waals surface area contributed by atoms with Crippen LogP contribution < -0.4 is 0 Å². The normalized spacial score (nSPS) is 46.9. The number of methoxy groups -OCH3 is 2. The summed E-state index contributed by atoms with van der Waals surface area (Å²) in [7, 11) is 9.12. The Balaban J connectivity index is 2.20. The lowest BCUT2D eigenvalue weighted by molar-refractivity contribution is -0.155. The molecule has 0 N–H and O–H groups in total. The minimum atomic E-state index is -0.411. The SMILES string of the molecule is [B][C@@H]1O[C@@]2(COC)CCOC1C2OC. The van der Waals surface area contributed by atoms with Gasteiger partial charge >= 0.3 is 0 Å². The number of fused-ring (bicyclic) bond motifs is 2. The Labute approximate surface area is 85.3 Å². The van der Waals surface area contributed by atoms with E-state index in [9.17, 15) is 0 Å². The molecular weight excluding hydrogens is 183 g/mol. The maximum Gasteiger partial charge on any atom is 0.122 e. The minimum absolute atomic E-state index is 0.119. The molecule has 0 aliphatic carbocycles. The lowest BCUT2D eigenvalue weighted by Crippen LogP contribution is -2.52. The zero-order chi connectivity index (χ0) is 10.2. The molecule has 0 saturated carbocycles. The number of rotatable bonds is 3. The Morgan fingerprint density at radius 3 is 2.93 bits per heavy atom. The molecule has 2 aliphatic rings. The molecule has 4 atom stereocenters. The molecule has 0 spiro atoms. The van der Waals surface area contributed by atoms with Gasteiger partial charge in [-0.1, -0.05) is 0 Å². The Hall–Kier alpha value is -0.0951. The van der Waals surface area contributed by atoms with Crippen LogP contribution in [0.25, 0.3) is 0 Å². The Morgan fingerprint density at radius 2 is 2.29 bits per heavy atom. The fraction of sp³-hybridized carbons (Fsp3) is 1.00. The molecule has 2 unspecified atom stereocenters. The molecule has 5 heteroatoms. The van der Waals surface area contributed by atoms with E-state index in [1.54, 1.807) is 14.2 Å². The molecule has 2 radical (unpaired) electrons. The van der Waals surface area contributed by atoms with Gasteiger partial charge < -0.3 is 18.9 Å². The van der Waals surface area contributed by atoms with Crippen molar-refractivity contribution in [2.45, 2.75) is 30.2 Å². The van der Waals surface area contributed by atoms with E-state index in [1.165, 1.54) is 0 Å². The third-order valence-electron chi connectivity index (χ3n) is 2.99. The molecule has 14 heavy (non-hydrogen) atoms. The predicted octanol–water partition coefficient (Wildman–Crippen LogP) is -0.300. The van der Waals surface area contributed by atoms with Gasteiger partial charge in [0.25, 0.3) is 0 Å². The summed E-state index contributed by atoms with van der Waals surface area (Å²) in [4.78, 5) is 0. The van der Waals surface area contributed by atoms with Crippen molar-refractivity contribution in [3.05, 3.63) is 0 Å². The second kappa shape index (κ2) is 3.81. The number of hydrogen-bond donors (Lipinski definition) is 0. The molecule has 0 aromatic carbocycles. The Kier molecular flexibility index (Phi) is 2.84. The average molecular weight is 198 g/mol. The summed E-state index contributed by atoms with van der Waals surface area (Å²) >= 11 is 0. The first kappa shape index (κ1) is 10.4. The minimum Gasteiger partial charge on any atom is -0.382 e. The van der Waals surface area contributed by atoms with Crippen molar-refractivity contribution in [1.29, 1.82) is 0 Å². The maximum absolute atomic E-state index is 5.82. The maximum atomic E-state index is 5.82. The highest BCUT2D eigenvalue weighted by atomic mass is 16.6. The molecule has 2 saturated heterocycles. The third-order valence-corrected chi connectivity index (χ3v) is 2.99. The van der Waals surface area contributed by atoms with Crippen LogP contribution in [0.15, 0.2) is 0 Å². The largest absolute Gasteiger partial charge is 0.382 e. The van der Waals surface area contributed by atoms with Crippen LogP contribution in [0.1, 0.15) is 6.42 Å². The zero-order valence-corrected chi connectivity index (χ0v) is 8.56. The van der Waals surface area contributed by atoms with Crippen LogP contribution in [-0.2, 0) is 18.9 Å². The van der Waals surface area contributed by atoms with Crippen molar-refractivity contribution in [2.24, 2.45) is 0 Å². The molecule has 2 heterocycles. The summed E-state index contributed by atoms with van der Waals surface area (Å²) in [6, 6.07) is -0.405. The van der Waals surface area contributed by atoms with Gasteiger partial charge in [-0.25, -0.2) is 0 Å². The molecule has 78 valence electrons.